The Kier molecular flexibility index (Phi) is 5.94. The van der Waals surface area contributed by atoms with Crippen LogP contribution in [0.2, 0.25) is 0 Å². The van der Waals surface area contributed by atoms with Crippen LogP contribution in [0, 0.1) is 5.82 Å². The Morgan fingerprint density at radius 1 is 1.45 bits per heavy atom. The summed E-state index contributed by atoms with van der Waals surface area (Å²) < 4.78 is 19.3. The van der Waals surface area contributed by atoms with Crippen molar-refractivity contribution in [2.24, 2.45) is 0 Å². The second-order valence-electron chi connectivity index (χ2n) is 4.27. The number of halogens is 2. The lowest BCUT2D eigenvalue weighted by Crippen LogP contribution is -2.13. The number of thiazole rings is 1. The molecule has 0 bridgehead atoms. The normalized spacial score (nSPS) is 10.8. The topological polar surface area (TPSA) is 34.2 Å². The van der Waals surface area contributed by atoms with Crippen LogP contribution in [0.15, 0.2) is 28.1 Å². The maximum atomic E-state index is 13.3. The first kappa shape index (κ1) is 15.4. The lowest BCUT2D eigenvalue weighted by atomic mass is 10.3. The third-order valence-electron chi connectivity index (χ3n) is 2.58. The first-order valence-electron chi connectivity index (χ1n) is 6.41. The van der Waals surface area contributed by atoms with E-state index in [9.17, 15) is 4.39 Å². The van der Waals surface area contributed by atoms with E-state index in [1.54, 1.807) is 23.5 Å². The fourth-order valence-electron chi connectivity index (χ4n) is 1.59. The van der Waals surface area contributed by atoms with Gasteiger partial charge in [-0.3, -0.25) is 0 Å². The molecule has 0 amide bonds. The Morgan fingerprint density at radius 3 is 3.05 bits per heavy atom. The van der Waals surface area contributed by atoms with Crippen LogP contribution < -0.4 is 10.1 Å². The van der Waals surface area contributed by atoms with Gasteiger partial charge in [-0.2, -0.15) is 0 Å². The van der Waals surface area contributed by atoms with E-state index in [1.165, 1.54) is 6.07 Å². The second kappa shape index (κ2) is 7.71. The number of nitrogens with one attached hydrogen (secondary N) is 1. The van der Waals surface area contributed by atoms with E-state index in [2.05, 4.69) is 33.2 Å². The Labute approximate surface area is 130 Å². The zero-order valence-electron chi connectivity index (χ0n) is 11.2. The molecule has 0 fully saturated rings. The minimum Gasteiger partial charge on any atom is -0.487 e. The molecule has 20 heavy (non-hydrogen) atoms. The number of nitrogens with zero attached hydrogens (tertiary/aromatic N) is 1. The zero-order valence-corrected chi connectivity index (χ0v) is 13.6. The van der Waals surface area contributed by atoms with E-state index in [-0.39, 0.29) is 5.82 Å². The van der Waals surface area contributed by atoms with Crippen molar-refractivity contribution in [1.82, 2.24) is 10.3 Å². The molecule has 0 radical (unpaired) electrons. The fourth-order valence-corrected chi connectivity index (χ4v) is 2.59. The third kappa shape index (κ3) is 4.54. The van der Waals surface area contributed by atoms with Gasteiger partial charge < -0.3 is 10.1 Å². The van der Waals surface area contributed by atoms with Gasteiger partial charge >= 0.3 is 0 Å². The molecule has 6 heteroatoms. The SMILES string of the molecule is CCCNCc1nc(COc2ccc(Br)c(F)c2)cs1. The number of hydrogen-bond acceptors (Lipinski definition) is 4. The summed E-state index contributed by atoms with van der Waals surface area (Å²) in [6, 6.07) is 4.72. The van der Waals surface area contributed by atoms with Gasteiger partial charge in [0.05, 0.1) is 10.2 Å². The first-order valence-corrected chi connectivity index (χ1v) is 8.08. The Balaban J connectivity index is 1.85. The van der Waals surface area contributed by atoms with Crippen LogP contribution in [0.5, 0.6) is 5.75 Å². The number of aromatic nitrogens is 1. The van der Waals surface area contributed by atoms with Crippen molar-refractivity contribution in [3.63, 3.8) is 0 Å². The highest BCUT2D eigenvalue weighted by atomic mass is 79.9. The van der Waals surface area contributed by atoms with Crippen molar-refractivity contribution < 1.29 is 9.13 Å². The third-order valence-corrected chi connectivity index (χ3v) is 4.12. The van der Waals surface area contributed by atoms with Crippen LogP contribution in [0.1, 0.15) is 24.0 Å². The number of benzene rings is 1. The molecule has 0 atom stereocenters. The molecular formula is C14H16BrFN2OS. The van der Waals surface area contributed by atoms with Gasteiger partial charge in [-0.25, -0.2) is 9.37 Å². The maximum absolute atomic E-state index is 13.3. The molecule has 2 aromatic rings. The summed E-state index contributed by atoms with van der Waals surface area (Å²) in [6.07, 6.45) is 1.11. The van der Waals surface area contributed by atoms with Crippen molar-refractivity contribution in [3.05, 3.63) is 44.6 Å². The van der Waals surface area contributed by atoms with Gasteiger partial charge in [0.25, 0.3) is 0 Å². The highest BCUT2D eigenvalue weighted by molar-refractivity contribution is 9.10. The average Bonchev–Trinajstić information content (AvgIpc) is 2.88. The summed E-state index contributed by atoms with van der Waals surface area (Å²) in [4.78, 5) is 4.47. The maximum Gasteiger partial charge on any atom is 0.141 e. The summed E-state index contributed by atoms with van der Waals surface area (Å²) >= 11 is 4.72. The standard InChI is InChI=1S/C14H16BrFN2OS/c1-2-5-17-7-14-18-10(9-20-14)8-19-11-3-4-12(15)13(16)6-11/h3-4,6,9,17H,2,5,7-8H2,1H3. The molecule has 3 nitrogen and oxygen atoms in total. The van der Waals surface area contributed by atoms with Gasteiger partial charge in [0.15, 0.2) is 0 Å². The van der Waals surface area contributed by atoms with Gasteiger partial charge in [0.1, 0.15) is 23.2 Å². The van der Waals surface area contributed by atoms with Crippen molar-refractivity contribution in [2.75, 3.05) is 6.54 Å². The van der Waals surface area contributed by atoms with E-state index >= 15 is 0 Å². The molecule has 0 spiro atoms. The van der Waals surface area contributed by atoms with E-state index in [4.69, 9.17) is 4.74 Å². The number of hydrogen-bond donors (Lipinski definition) is 1. The molecule has 1 aromatic heterocycles. The molecule has 0 aliphatic rings. The summed E-state index contributed by atoms with van der Waals surface area (Å²) in [7, 11) is 0. The van der Waals surface area contributed by atoms with Crippen molar-refractivity contribution in [1.29, 1.82) is 0 Å². The Hall–Kier alpha value is -0.980. The van der Waals surface area contributed by atoms with E-state index < -0.39 is 0 Å². The van der Waals surface area contributed by atoms with E-state index in [0.29, 0.717) is 16.8 Å². The van der Waals surface area contributed by atoms with Crippen LogP contribution in [0.3, 0.4) is 0 Å². The molecule has 0 saturated carbocycles. The predicted molar refractivity (Wildman–Crippen MR) is 82.5 cm³/mol. The fraction of sp³-hybridized carbons (Fsp3) is 0.357. The van der Waals surface area contributed by atoms with Crippen molar-refractivity contribution in [2.45, 2.75) is 26.5 Å². The molecule has 0 aliphatic heterocycles. The van der Waals surface area contributed by atoms with Crippen LogP contribution >= 0.6 is 27.3 Å². The summed E-state index contributed by atoms with van der Waals surface area (Å²) in [5.41, 5.74) is 0.867. The molecule has 0 aliphatic carbocycles. The Bertz CT molecular complexity index is 562. The average molecular weight is 359 g/mol. The first-order chi connectivity index (χ1) is 9.69. The molecule has 1 heterocycles. The largest absolute Gasteiger partial charge is 0.487 e. The van der Waals surface area contributed by atoms with Gasteiger partial charge in [-0.15, -0.1) is 11.3 Å². The molecule has 1 N–H and O–H groups in total. The number of ether oxygens (including phenoxy) is 1. The Morgan fingerprint density at radius 2 is 2.30 bits per heavy atom. The van der Waals surface area contributed by atoms with Crippen LogP contribution in [-0.2, 0) is 13.2 Å². The molecule has 2 rings (SSSR count). The zero-order chi connectivity index (χ0) is 14.4. The van der Waals surface area contributed by atoms with Gasteiger partial charge in [0.2, 0.25) is 0 Å². The van der Waals surface area contributed by atoms with Crippen LogP contribution in [0.4, 0.5) is 4.39 Å². The molecule has 0 unspecified atom stereocenters. The second-order valence-corrected chi connectivity index (χ2v) is 6.07. The molecule has 1 aromatic carbocycles. The lowest BCUT2D eigenvalue weighted by molar-refractivity contribution is 0.300. The van der Waals surface area contributed by atoms with Gasteiger partial charge in [0, 0.05) is 18.0 Å². The van der Waals surface area contributed by atoms with Crippen molar-refractivity contribution >= 4 is 27.3 Å². The van der Waals surface area contributed by atoms with Crippen molar-refractivity contribution in [3.8, 4) is 5.75 Å². The molecule has 0 saturated heterocycles. The van der Waals surface area contributed by atoms with E-state index in [1.807, 2.05) is 5.38 Å². The highest BCUT2D eigenvalue weighted by Gasteiger charge is 2.05. The summed E-state index contributed by atoms with van der Waals surface area (Å²) in [5.74, 6) is 0.176. The molecular weight excluding hydrogens is 343 g/mol. The lowest BCUT2D eigenvalue weighted by Gasteiger charge is -2.04. The monoisotopic (exact) mass is 358 g/mol. The van der Waals surface area contributed by atoms with Gasteiger partial charge in [-0.05, 0) is 41.0 Å². The van der Waals surface area contributed by atoms with Gasteiger partial charge in [-0.1, -0.05) is 6.92 Å². The predicted octanol–water partition coefficient (Wildman–Crippen LogP) is 4.12. The summed E-state index contributed by atoms with van der Waals surface area (Å²) in [6.45, 7) is 4.26. The number of rotatable bonds is 7. The van der Waals surface area contributed by atoms with Crippen LogP contribution in [-0.4, -0.2) is 11.5 Å². The van der Waals surface area contributed by atoms with E-state index in [0.717, 1.165) is 30.2 Å². The van der Waals surface area contributed by atoms with Crippen LogP contribution in [0.25, 0.3) is 0 Å². The minimum absolute atomic E-state index is 0.328. The highest BCUT2D eigenvalue weighted by Crippen LogP contribution is 2.22. The quantitative estimate of drug-likeness (QED) is 0.755. The smallest absolute Gasteiger partial charge is 0.141 e. The minimum atomic E-state index is -0.328. The summed E-state index contributed by atoms with van der Waals surface area (Å²) in [5, 5.41) is 6.32. The molecule has 108 valence electrons.